The number of anilines is 1. The number of amides is 3. The number of para-hydroxylation sites is 1. The molecule has 0 saturated heterocycles. The van der Waals surface area contributed by atoms with E-state index in [9.17, 15) is 19.5 Å². The smallest absolute Gasteiger partial charge is 0.408 e. The number of hydrogen-bond acceptors (Lipinski definition) is 5. The van der Waals surface area contributed by atoms with Gasteiger partial charge in [0.15, 0.2) is 0 Å². The molecule has 0 aliphatic rings. The Morgan fingerprint density at radius 3 is 2.29 bits per heavy atom. The Kier molecular flexibility index (Phi) is 10.5. The Bertz CT molecular complexity index is 1150. The Balaban J connectivity index is 2.55. The van der Waals surface area contributed by atoms with Crippen LogP contribution in [0.25, 0.3) is 0 Å². The molecule has 2 unspecified atom stereocenters. The zero-order valence-corrected chi connectivity index (χ0v) is 23.5. The Morgan fingerprint density at radius 2 is 1.74 bits per heavy atom. The van der Waals surface area contributed by atoms with Crippen LogP contribution in [-0.4, -0.2) is 46.1 Å². The summed E-state index contributed by atoms with van der Waals surface area (Å²) in [7, 11) is 0. The van der Waals surface area contributed by atoms with Gasteiger partial charge in [0.05, 0.1) is 0 Å². The number of phenols is 1. The highest BCUT2D eigenvalue weighted by molar-refractivity contribution is 5.99. The number of aryl methyl sites for hydroxylation is 2. The van der Waals surface area contributed by atoms with Gasteiger partial charge in [-0.25, -0.2) is 4.79 Å². The third-order valence-corrected chi connectivity index (χ3v) is 5.80. The molecule has 0 aliphatic heterocycles. The van der Waals surface area contributed by atoms with Crippen LogP contribution in [0.2, 0.25) is 0 Å². The maximum atomic E-state index is 14.0. The quantitative estimate of drug-likeness (QED) is 0.349. The van der Waals surface area contributed by atoms with Crippen molar-refractivity contribution >= 4 is 23.6 Å². The Labute approximate surface area is 226 Å². The number of phenolic OH excluding ortho intramolecular Hbond substituents is 1. The van der Waals surface area contributed by atoms with E-state index in [0.29, 0.717) is 23.2 Å². The number of ether oxygens (including phenoxy) is 1. The second-order valence-electron chi connectivity index (χ2n) is 10.9. The highest BCUT2D eigenvalue weighted by Gasteiger charge is 2.36. The van der Waals surface area contributed by atoms with E-state index in [0.717, 1.165) is 5.56 Å². The van der Waals surface area contributed by atoms with E-state index in [4.69, 9.17) is 4.74 Å². The van der Waals surface area contributed by atoms with Gasteiger partial charge in [-0.15, -0.1) is 6.58 Å². The van der Waals surface area contributed by atoms with E-state index in [1.165, 1.54) is 11.0 Å². The molecule has 3 amide bonds. The number of nitrogens with zero attached hydrogens (tertiary/aromatic N) is 1. The molecule has 0 aromatic heterocycles. The Morgan fingerprint density at radius 1 is 1.08 bits per heavy atom. The minimum absolute atomic E-state index is 0.0508. The van der Waals surface area contributed by atoms with Gasteiger partial charge in [0, 0.05) is 12.2 Å². The van der Waals surface area contributed by atoms with Crippen LogP contribution < -0.4 is 10.6 Å². The van der Waals surface area contributed by atoms with E-state index in [-0.39, 0.29) is 18.2 Å². The highest BCUT2D eigenvalue weighted by atomic mass is 16.6. The predicted molar refractivity (Wildman–Crippen MR) is 150 cm³/mol. The fourth-order valence-corrected chi connectivity index (χ4v) is 4.04. The van der Waals surface area contributed by atoms with Gasteiger partial charge in [0.2, 0.25) is 5.91 Å². The summed E-state index contributed by atoms with van der Waals surface area (Å²) in [6.45, 7) is 16.6. The van der Waals surface area contributed by atoms with Gasteiger partial charge in [-0.2, -0.15) is 0 Å². The average molecular weight is 524 g/mol. The molecule has 3 N–H and O–H groups in total. The first kappa shape index (κ1) is 30.4. The maximum absolute atomic E-state index is 14.0. The number of carbonyl (C=O) groups is 3. The van der Waals surface area contributed by atoms with Crippen molar-refractivity contribution in [3.8, 4) is 5.75 Å². The number of aromatic hydroxyl groups is 1. The third-order valence-electron chi connectivity index (χ3n) is 5.80. The summed E-state index contributed by atoms with van der Waals surface area (Å²) in [5.74, 6) is -0.724. The van der Waals surface area contributed by atoms with Crippen molar-refractivity contribution in [3.05, 3.63) is 71.8 Å². The van der Waals surface area contributed by atoms with Crippen LogP contribution in [0.4, 0.5) is 10.5 Å². The molecule has 0 aliphatic carbocycles. The monoisotopic (exact) mass is 523 g/mol. The Hall–Kier alpha value is -3.81. The molecule has 0 radical (unpaired) electrons. The van der Waals surface area contributed by atoms with Gasteiger partial charge in [0.25, 0.3) is 5.91 Å². The summed E-state index contributed by atoms with van der Waals surface area (Å²) in [6, 6.07) is 10.2. The van der Waals surface area contributed by atoms with Gasteiger partial charge in [0.1, 0.15) is 23.4 Å². The van der Waals surface area contributed by atoms with E-state index in [1.807, 2.05) is 39.0 Å². The molecule has 38 heavy (non-hydrogen) atoms. The molecule has 2 aromatic carbocycles. The first-order valence-corrected chi connectivity index (χ1v) is 12.8. The zero-order chi connectivity index (χ0) is 28.6. The van der Waals surface area contributed by atoms with Crippen LogP contribution >= 0.6 is 0 Å². The molecule has 0 heterocycles. The van der Waals surface area contributed by atoms with Crippen LogP contribution in [0, 0.1) is 19.8 Å². The largest absolute Gasteiger partial charge is 0.508 e. The molecule has 2 aromatic rings. The minimum Gasteiger partial charge on any atom is -0.508 e. The number of nitrogens with one attached hydrogen (secondary N) is 2. The summed E-state index contributed by atoms with van der Waals surface area (Å²) in [6.07, 6.45) is 1.17. The SMILES string of the molecule is C=CCN(C(=O)C(CC(C)C)NC(=O)OC(C)(C)C)C(C(=O)Nc1ccccc1C)c1ccc(O)c(C)c1. The lowest BCUT2D eigenvalue weighted by molar-refractivity contribution is -0.140. The summed E-state index contributed by atoms with van der Waals surface area (Å²) < 4.78 is 5.41. The van der Waals surface area contributed by atoms with Gasteiger partial charge in [-0.05, 0) is 81.8 Å². The van der Waals surface area contributed by atoms with Crippen LogP contribution in [-0.2, 0) is 14.3 Å². The predicted octanol–water partition coefficient (Wildman–Crippen LogP) is 5.64. The van der Waals surface area contributed by atoms with Crippen molar-refractivity contribution in [1.29, 1.82) is 0 Å². The molecular weight excluding hydrogens is 482 g/mol. The summed E-state index contributed by atoms with van der Waals surface area (Å²) >= 11 is 0. The van der Waals surface area contributed by atoms with Crippen molar-refractivity contribution in [2.45, 2.75) is 72.6 Å². The van der Waals surface area contributed by atoms with Crippen molar-refractivity contribution in [1.82, 2.24) is 10.2 Å². The molecular formula is C30H41N3O5. The van der Waals surface area contributed by atoms with Crippen molar-refractivity contribution < 1.29 is 24.2 Å². The molecule has 2 rings (SSSR count). The molecule has 0 spiro atoms. The summed E-state index contributed by atoms with van der Waals surface area (Å²) in [5.41, 5.74) is 1.83. The molecule has 8 nitrogen and oxygen atoms in total. The lowest BCUT2D eigenvalue weighted by Gasteiger charge is -2.34. The van der Waals surface area contributed by atoms with Crippen molar-refractivity contribution in [2.75, 3.05) is 11.9 Å². The second-order valence-corrected chi connectivity index (χ2v) is 10.9. The van der Waals surface area contributed by atoms with E-state index in [2.05, 4.69) is 17.2 Å². The van der Waals surface area contributed by atoms with Gasteiger partial charge in [-0.1, -0.05) is 44.2 Å². The molecule has 2 atom stereocenters. The van der Waals surface area contributed by atoms with Gasteiger partial charge in [-0.3, -0.25) is 9.59 Å². The van der Waals surface area contributed by atoms with Gasteiger partial charge < -0.3 is 25.4 Å². The first-order valence-electron chi connectivity index (χ1n) is 12.8. The van der Waals surface area contributed by atoms with Gasteiger partial charge >= 0.3 is 6.09 Å². The molecule has 8 heteroatoms. The van der Waals surface area contributed by atoms with Crippen molar-refractivity contribution in [2.24, 2.45) is 5.92 Å². The highest BCUT2D eigenvalue weighted by Crippen LogP contribution is 2.29. The lowest BCUT2D eigenvalue weighted by Crippen LogP contribution is -2.52. The molecule has 206 valence electrons. The van der Waals surface area contributed by atoms with E-state index < -0.39 is 35.6 Å². The third kappa shape index (κ3) is 8.64. The second kappa shape index (κ2) is 13.1. The molecule has 0 saturated carbocycles. The van der Waals surface area contributed by atoms with Crippen LogP contribution in [0.15, 0.2) is 55.1 Å². The number of rotatable bonds is 10. The molecule has 0 bridgehead atoms. The fraction of sp³-hybridized carbons (Fsp3) is 0.433. The van der Waals surface area contributed by atoms with E-state index >= 15 is 0 Å². The summed E-state index contributed by atoms with van der Waals surface area (Å²) in [5, 5.41) is 15.8. The average Bonchev–Trinajstić information content (AvgIpc) is 2.80. The first-order chi connectivity index (χ1) is 17.7. The summed E-state index contributed by atoms with van der Waals surface area (Å²) in [4.78, 5) is 41.9. The normalized spacial score (nSPS) is 12.8. The van der Waals surface area contributed by atoms with Crippen LogP contribution in [0.1, 0.15) is 63.8 Å². The molecule has 0 fully saturated rings. The van der Waals surface area contributed by atoms with E-state index in [1.54, 1.807) is 52.0 Å². The van der Waals surface area contributed by atoms with Crippen molar-refractivity contribution in [3.63, 3.8) is 0 Å². The topological polar surface area (TPSA) is 108 Å². The lowest BCUT2D eigenvalue weighted by atomic mass is 9.98. The number of carbonyl (C=O) groups excluding carboxylic acids is 3. The standard InChI is InChI=1S/C30H41N3O5/c1-9-16-33(28(36)24(17-19(2)3)32-29(37)38-30(6,7)8)26(22-14-15-25(34)21(5)18-22)27(35)31-23-13-11-10-12-20(23)4/h9-15,18-19,24,26,34H,1,16-17H2,2-8H3,(H,31,35)(H,32,37). The maximum Gasteiger partial charge on any atom is 0.408 e. The fourth-order valence-electron chi connectivity index (χ4n) is 4.04. The van der Waals surface area contributed by atoms with Crippen LogP contribution in [0.3, 0.4) is 0 Å². The number of benzene rings is 2. The number of alkyl carbamates (subject to hydrolysis) is 1. The minimum atomic E-state index is -1.06. The zero-order valence-electron chi connectivity index (χ0n) is 23.5. The van der Waals surface area contributed by atoms with Crippen LogP contribution in [0.5, 0.6) is 5.75 Å². The number of hydrogen-bond donors (Lipinski definition) is 3.